The van der Waals surface area contributed by atoms with Crippen LogP contribution in [0.5, 0.6) is 0 Å². The highest BCUT2D eigenvalue weighted by Gasteiger charge is 2.32. The largest absolute Gasteiger partial charge is 0.393 e. The average molecular weight is 262 g/mol. The number of thiocarbonyl (C=S) groups is 1. The number of nitrogens with one attached hydrogen (secondary N) is 1. The molecular weight excluding hydrogens is 244 g/mol. The van der Waals surface area contributed by atoms with Crippen LogP contribution in [0.4, 0.5) is 5.69 Å². The number of hydrogen-bond acceptors (Lipinski definition) is 2. The van der Waals surface area contributed by atoms with E-state index in [1.165, 1.54) is 12.8 Å². The first-order valence-electron chi connectivity index (χ1n) is 6.24. The van der Waals surface area contributed by atoms with E-state index in [0.717, 1.165) is 11.3 Å². The van der Waals surface area contributed by atoms with Gasteiger partial charge in [0.15, 0.2) is 0 Å². The molecular formula is C14H18N2OS. The first kappa shape index (κ1) is 13.0. The number of hydrogen-bond donors (Lipinski definition) is 2. The first-order chi connectivity index (χ1) is 8.56. The SMILES string of the molecule is CC(C(=O)Nc1ccc(CC(N)=S)cc1)C1CC1. The van der Waals surface area contributed by atoms with Gasteiger partial charge in [0.2, 0.25) is 5.91 Å². The monoisotopic (exact) mass is 262 g/mol. The molecule has 0 bridgehead atoms. The Morgan fingerprint density at radius 3 is 2.56 bits per heavy atom. The van der Waals surface area contributed by atoms with Crippen LogP contribution < -0.4 is 11.1 Å². The molecule has 18 heavy (non-hydrogen) atoms. The van der Waals surface area contributed by atoms with Crippen molar-refractivity contribution < 1.29 is 4.79 Å². The van der Waals surface area contributed by atoms with Gasteiger partial charge in [-0.1, -0.05) is 31.3 Å². The number of rotatable bonds is 5. The highest BCUT2D eigenvalue weighted by atomic mass is 32.1. The molecule has 1 fully saturated rings. The van der Waals surface area contributed by atoms with Crippen molar-refractivity contribution in [1.82, 2.24) is 0 Å². The third-order valence-corrected chi connectivity index (χ3v) is 3.49. The van der Waals surface area contributed by atoms with Crippen LogP contribution in [-0.4, -0.2) is 10.9 Å². The Kier molecular flexibility index (Phi) is 3.97. The minimum atomic E-state index is 0.111. The van der Waals surface area contributed by atoms with Crippen molar-refractivity contribution in [2.24, 2.45) is 17.6 Å². The van der Waals surface area contributed by atoms with Gasteiger partial charge < -0.3 is 11.1 Å². The predicted molar refractivity (Wildman–Crippen MR) is 77.4 cm³/mol. The second-order valence-electron chi connectivity index (χ2n) is 4.96. The average Bonchev–Trinajstić information content (AvgIpc) is 3.14. The fraction of sp³-hybridized carbons (Fsp3) is 0.429. The normalized spacial score (nSPS) is 16.1. The number of anilines is 1. The molecule has 0 aromatic heterocycles. The molecule has 0 saturated heterocycles. The van der Waals surface area contributed by atoms with Gasteiger partial charge in [-0.2, -0.15) is 0 Å². The third-order valence-electron chi connectivity index (χ3n) is 3.34. The van der Waals surface area contributed by atoms with Crippen molar-refractivity contribution in [3.8, 4) is 0 Å². The summed E-state index contributed by atoms with van der Waals surface area (Å²) in [4.78, 5) is 12.4. The lowest BCUT2D eigenvalue weighted by atomic mass is 10.1. The van der Waals surface area contributed by atoms with Gasteiger partial charge in [-0.05, 0) is 36.5 Å². The highest BCUT2D eigenvalue weighted by molar-refractivity contribution is 7.80. The molecule has 1 unspecified atom stereocenters. The van der Waals surface area contributed by atoms with Crippen LogP contribution in [0.25, 0.3) is 0 Å². The molecule has 0 aliphatic heterocycles. The van der Waals surface area contributed by atoms with Crippen molar-refractivity contribution in [3.05, 3.63) is 29.8 Å². The minimum absolute atomic E-state index is 0.111. The van der Waals surface area contributed by atoms with E-state index in [9.17, 15) is 4.79 Å². The van der Waals surface area contributed by atoms with Crippen LogP contribution in [0.2, 0.25) is 0 Å². The van der Waals surface area contributed by atoms with Gasteiger partial charge in [-0.3, -0.25) is 4.79 Å². The van der Waals surface area contributed by atoms with Crippen molar-refractivity contribution in [2.45, 2.75) is 26.2 Å². The predicted octanol–water partition coefficient (Wildman–Crippen LogP) is 2.50. The molecule has 1 amide bonds. The summed E-state index contributed by atoms with van der Waals surface area (Å²) >= 11 is 4.86. The van der Waals surface area contributed by atoms with Crippen LogP contribution in [0, 0.1) is 11.8 Å². The van der Waals surface area contributed by atoms with Crippen LogP contribution in [-0.2, 0) is 11.2 Å². The fourth-order valence-electron chi connectivity index (χ4n) is 1.97. The summed E-state index contributed by atoms with van der Waals surface area (Å²) in [6.45, 7) is 1.99. The molecule has 3 N–H and O–H groups in total. The highest BCUT2D eigenvalue weighted by Crippen LogP contribution is 2.37. The lowest BCUT2D eigenvalue weighted by molar-refractivity contribution is -0.119. The molecule has 0 heterocycles. The summed E-state index contributed by atoms with van der Waals surface area (Å²) in [5, 5.41) is 2.94. The van der Waals surface area contributed by atoms with Crippen LogP contribution >= 0.6 is 12.2 Å². The summed E-state index contributed by atoms with van der Waals surface area (Å²) in [5.41, 5.74) is 7.38. The summed E-state index contributed by atoms with van der Waals surface area (Å²) in [6, 6.07) is 7.67. The third kappa shape index (κ3) is 3.53. The molecule has 1 aliphatic carbocycles. The summed E-state index contributed by atoms with van der Waals surface area (Å²) in [5.74, 6) is 0.805. The van der Waals surface area contributed by atoms with E-state index in [0.29, 0.717) is 17.3 Å². The van der Waals surface area contributed by atoms with Crippen molar-refractivity contribution in [2.75, 3.05) is 5.32 Å². The van der Waals surface area contributed by atoms with Gasteiger partial charge in [-0.25, -0.2) is 0 Å². The molecule has 96 valence electrons. The summed E-state index contributed by atoms with van der Waals surface area (Å²) in [6.07, 6.45) is 2.96. The molecule has 0 radical (unpaired) electrons. The van der Waals surface area contributed by atoms with E-state index < -0.39 is 0 Å². The van der Waals surface area contributed by atoms with Crippen LogP contribution in [0.3, 0.4) is 0 Å². The Balaban J connectivity index is 1.93. The first-order valence-corrected chi connectivity index (χ1v) is 6.65. The summed E-state index contributed by atoms with van der Waals surface area (Å²) < 4.78 is 0. The quantitative estimate of drug-likeness (QED) is 0.802. The van der Waals surface area contributed by atoms with Gasteiger partial charge in [-0.15, -0.1) is 0 Å². The number of benzene rings is 1. The maximum Gasteiger partial charge on any atom is 0.227 e. The fourth-order valence-corrected chi connectivity index (χ4v) is 2.14. The van der Waals surface area contributed by atoms with Crippen LogP contribution in [0.15, 0.2) is 24.3 Å². The number of carbonyl (C=O) groups is 1. The van der Waals surface area contributed by atoms with E-state index in [1.807, 2.05) is 31.2 Å². The molecule has 0 spiro atoms. The smallest absolute Gasteiger partial charge is 0.227 e. The zero-order valence-electron chi connectivity index (χ0n) is 10.5. The molecule has 3 nitrogen and oxygen atoms in total. The van der Waals surface area contributed by atoms with Gasteiger partial charge in [0.1, 0.15) is 0 Å². The number of carbonyl (C=O) groups excluding carboxylic acids is 1. The molecule has 1 aromatic carbocycles. The van der Waals surface area contributed by atoms with Crippen LogP contribution in [0.1, 0.15) is 25.3 Å². The molecule has 1 aliphatic rings. The Bertz CT molecular complexity index is 451. The molecule has 1 atom stereocenters. The Hall–Kier alpha value is -1.42. The molecule has 4 heteroatoms. The van der Waals surface area contributed by atoms with Gasteiger partial charge in [0.25, 0.3) is 0 Å². The zero-order chi connectivity index (χ0) is 13.1. The lowest BCUT2D eigenvalue weighted by Gasteiger charge is -2.11. The van der Waals surface area contributed by atoms with E-state index in [2.05, 4.69) is 5.32 Å². The van der Waals surface area contributed by atoms with E-state index in [-0.39, 0.29) is 11.8 Å². The van der Waals surface area contributed by atoms with E-state index in [1.54, 1.807) is 0 Å². The second-order valence-corrected chi connectivity index (χ2v) is 5.48. The number of amides is 1. The number of nitrogens with two attached hydrogens (primary N) is 1. The lowest BCUT2D eigenvalue weighted by Crippen LogP contribution is -2.21. The standard InChI is InChI=1S/C14H18N2OS/c1-9(11-4-5-11)14(17)16-12-6-2-10(3-7-12)8-13(15)18/h2-3,6-7,9,11H,4-5,8H2,1H3,(H2,15,18)(H,16,17). The van der Waals surface area contributed by atoms with Gasteiger partial charge >= 0.3 is 0 Å². The van der Waals surface area contributed by atoms with Gasteiger partial charge in [0.05, 0.1) is 4.99 Å². The molecule has 1 saturated carbocycles. The Morgan fingerprint density at radius 1 is 1.44 bits per heavy atom. The zero-order valence-corrected chi connectivity index (χ0v) is 11.3. The van der Waals surface area contributed by atoms with Crippen molar-refractivity contribution in [3.63, 3.8) is 0 Å². The maximum absolute atomic E-state index is 11.9. The Morgan fingerprint density at radius 2 is 2.06 bits per heavy atom. The minimum Gasteiger partial charge on any atom is -0.393 e. The molecule has 1 aromatic rings. The van der Waals surface area contributed by atoms with Gasteiger partial charge in [0, 0.05) is 18.0 Å². The second kappa shape index (κ2) is 5.48. The van der Waals surface area contributed by atoms with Crippen molar-refractivity contribution in [1.29, 1.82) is 0 Å². The van der Waals surface area contributed by atoms with Crippen molar-refractivity contribution >= 4 is 28.8 Å². The molecule has 2 rings (SSSR count). The topological polar surface area (TPSA) is 55.1 Å². The maximum atomic E-state index is 11.9. The van der Waals surface area contributed by atoms with E-state index in [4.69, 9.17) is 18.0 Å². The van der Waals surface area contributed by atoms with E-state index >= 15 is 0 Å². The Labute approximate surface area is 113 Å². The summed E-state index contributed by atoms with van der Waals surface area (Å²) in [7, 11) is 0.